The summed E-state index contributed by atoms with van der Waals surface area (Å²) in [5.74, 6) is 0.323. The van der Waals surface area contributed by atoms with Gasteiger partial charge in [0, 0.05) is 49.8 Å². The van der Waals surface area contributed by atoms with Crippen LogP contribution in [0.5, 0.6) is 5.75 Å². The van der Waals surface area contributed by atoms with Gasteiger partial charge in [0.05, 0.1) is 17.8 Å². The Morgan fingerprint density at radius 2 is 1.67 bits per heavy atom. The van der Waals surface area contributed by atoms with Crippen molar-refractivity contribution in [3.8, 4) is 5.75 Å². The van der Waals surface area contributed by atoms with E-state index >= 15 is 4.39 Å². The molecule has 2 aromatic carbocycles. The first-order valence-electron chi connectivity index (χ1n) is 16.5. The summed E-state index contributed by atoms with van der Waals surface area (Å²) in [5, 5.41) is 5.34. The highest BCUT2D eigenvalue weighted by Gasteiger charge is 2.30. The highest BCUT2D eigenvalue weighted by Crippen LogP contribution is 2.33. The van der Waals surface area contributed by atoms with Crippen LogP contribution in [0.15, 0.2) is 35.1 Å². The molecule has 3 N–H and O–H groups in total. The van der Waals surface area contributed by atoms with Gasteiger partial charge in [-0.05, 0) is 88.1 Å². The molecule has 3 aliphatic heterocycles. The third kappa shape index (κ3) is 6.86. The van der Waals surface area contributed by atoms with Crippen molar-refractivity contribution in [3.63, 3.8) is 0 Å². The summed E-state index contributed by atoms with van der Waals surface area (Å²) in [6, 6.07) is 7.83. The van der Waals surface area contributed by atoms with Gasteiger partial charge in [-0.15, -0.1) is 0 Å². The maximum atomic E-state index is 15.1. The van der Waals surface area contributed by atoms with E-state index in [4.69, 9.17) is 4.74 Å². The monoisotopic (exact) mass is 634 g/mol. The van der Waals surface area contributed by atoms with E-state index in [1.807, 2.05) is 0 Å². The van der Waals surface area contributed by atoms with Crippen LogP contribution >= 0.6 is 0 Å². The summed E-state index contributed by atoms with van der Waals surface area (Å²) in [5.41, 5.74) is 0.987. The predicted octanol–water partition coefficient (Wildman–Crippen LogP) is 4.13. The van der Waals surface area contributed by atoms with Crippen LogP contribution in [0.1, 0.15) is 57.2 Å². The van der Waals surface area contributed by atoms with Crippen LogP contribution in [0, 0.1) is 23.5 Å². The predicted molar refractivity (Wildman–Crippen MR) is 170 cm³/mol. The van der Waals surface area contributed by atoms with Crippen molar-refractivity contribution in [1.29, 1.82) is 0 Å². The van der Waals surface area contributed by atoms with Gasteiger partial charge in [0.1, 0.15) is 34.6 Å². The number of piperidine rings is 3. The first-order chi connectivity index (χ1) is 22.3. The lowest BCUT2D eigenvalue weighted by Gasteiger charge is -2.42. The number of likely N-dealkylation sites (tertiary alicyclic amines) is 1. The van der Waals surface area contributed by atoms with Crippen molar-refractivity contribution in [1.82, 2.24) is 20.2 Å². The molecule has 46 heavy (non-hydrogen) atoms. The molecule has 4 fully saturated rings. The average molecular weight is 635 g/mol. The fourth-order valence-corrected chi connectivity index (χ4v) is 7.08. The number of rotatable bonds is 9. The fourth-order valence-electron chi connectivity index (χ4n) is 7.08. The number of aromatic amines is 1. The first-order valence-corrected chi connectivity index (χ1v) is 16.5. The molecule has 4 aliphatic rings. The minimum Gasteiger partial charge on any atom is -0.493 e. The number of carbonyl (C=O) groups is 2. The Hall–Kier alpha value is -4.06. The van der Waals surface area contributed by atoms with Crippen molar-refractivity contribution in [2.45, 2.75) is 69.9 Å². The quantitative estimate of drug-likeness (QED) is 0.301. The topological polar surface area (TPSA) is 120 Å². The van der Waals surface area contributed by atoms with Crippen LogP contribution in [-0.2, 0) is 16.0 Å². The molecule has 244 valence electrons. The number of anilines is 2. The van der Waals surface area contributed by atoms with Gasteiger partial charge in [0.15, 0.2) is 0 Å². The van der Waals surface area contributed by atoms with Crippen LogP contribution in [0.2, 0.25) is 0 Å². The van der Waals surface area contributed by atoms with Gasteiger partial charge in [-0.25, -0.2) is 13.8 Å². The molecule has 0 bridgehead atoms. The second kappa shape index (κ2) is 13.0. The largest absolute Gasteiger partial charge is 0.493 e. The number of benzene rings is 2. The first kappa shape index (κ1) is 30.6. The summed E-state index contributed by atoms with van der Waals surface area (Å²) < 4.78 is 36.0. The molecule has 4 heterocycles. The lowest BCUT2D eigenvalue weighted by molar-refractivity contribution is -0.133. The average Bonchev–Trinajstić information content (AvgIpc) is 3.85. The summed E-state index contributed by atoms with van der Waals surface area (Å²) in [6.07, 6.45) is 7.50. The molecule has 7 rings (SSSR count). The third-order valence-corrected chi connectivity index (χ3v) is 9.95. The van der Waals surface area contributed by atoms with E-state index in [-0.39, 0.29) is 29.4 Å². The highest BCUT2D eigenvalue weighted by molar-refractivity contribution is 6.01. The third-order valence-electron chi connectivity index (χ3n) is 9.95. The molecule has 12 heteroatoms. The van der Waals surface area contributed by atoms with Crippen LogP contribution in [-0.4, -0.2) is 71.6 Å². The normalized spacial score (nSPS) is 21.9. The zero-order chi connectivity index (χ0) is 31.8. The number of H-pyrrole nitrogens is 1. The molecule has 3 saturated heterocycles. The van der Waals surface area contributed by atoms with Crippen molar-refractivity contribution in [3.05, 3.63) is 58.1 Å². The highest BCUT2D eigenvalue weighted by atomic mass is 19.1. The van der Waals surface area contributed by atoms with Crippen LogP contribution < -0.4 is 25.8 Å². The summed E-state index contributed by atoms with van der Waals surface area (Å²) in [4.78, 5) is 47.8. The van der Waals surface area contributed by atoms with Crippen molar-refractivity contribution >= 4 is 34.1 Å². The van der Waals surface area contributed by atoms with Gasteiger partial charge in [0.25, 0.3) is 5.56 Å². The van der Waals surface area contributed by atoms with Gasteiger partial charge in [-0.2, -0.15) is 0 Å². The molecule has 10 nitrogen and oxygen atoms in total. The van der Waals surface area contributed by atoms with E-state index < -0.39 is 17.4 Å². The number of hydrogen-bond acceptors (Lipinski definition) is 8. The van der Waals surface area contributed by atoms with Crippen LogP contribution in [0.25, 0.3) is 10.9 Å². The molecular formula is C34H40F2N6O4. The summed E-state index contributed by atoms with van der Waals surface area (Å²) in [7, 11) is 0. The van der Waals surface area contributed by atoms with E-state index in [2.05, 4.69) is 30.4 Å². The second-order valence-electron chi connectivity index (χ2n) is 13.3. The number of nitrogens with one attached hydrogen (secondary N) is 3. The number of nitrogens with zero attached hydrogens (tertiary/aromatic N) is 3. The number of hydrogen-bond donors (Lipinski definition) is 3. The lowest BCUT2D eigenvalue weighted by atomic mass is 9.94. The van der Waals surface area contributed by atoms with Gasteiger partial charge in [-0.3, -0.25) is 19.7 Å². The van der Waals surface area contributed by atoms with Crippen molar-refractivity contribution < 1.29 is 23.1 Å². The molecule has 2 amide bonds. The number of carbonyl (C=O) groups excluding carboxylic acids is 2. The van der Waals surface area contributed by atoms with Crippen LogP contribution in [0.3, 0.4) is 0 Å². The lowest BCUT2D eigenvalue weighted by Crippen LogP contribution is -2.48. The Morgan fingerprint density at radius 1 is 0.891 bits per heavy atom. The Balaban J connectivity index is 0.876. The molecule has 1 aromatic heterocycles. The Kier molecular flexibility index (Phi) is 8.63. The number of amides is 2. The van der Waals surface area contributed by atoms with E-state index in [0.717, 1.165) is 64.7 Å². The number of halogens is 2. The maximum Gasteiger partial charge on any atom is 0.261 e. The summed E-state index contributed by atoms with van der Waals surface area (Å²) in [6.45, 7) is 3.93. The molecule has 0 spiro atoms. The molecular weight excluding hydrogens is 594 g/mol. The van der Waals surface area contributed by atoms with Crippen molar-refractivity contribution in [2.24, 2.45) is 11.8 Å². The molecule has 1 atom stereocenters. The van der Waals surface area contributed by atoms with Gasteiger partial charge < -0.3 is 24.8 Å². The van der Waals surface area contributed by atoms with Gasteiger partial charge >= 0.3 is 0 Å². The Morgan fingerprint density at radius 3 is 2.39 bits per heavy atom. The van der Waals surface area contributed by atoms with Gasteiger partial charge in [-0.1, -0.05) is 0 Å². The number of fused-ring (bicyclic) bond motifs is 1. The second-order valence-corrected chi connectivity index (χ2v) is 13.3. The summed E-state index contributed by atoms with van der Waals surface area (Å²) >= 11 is 0. The Bertz CT molecular complexity index is 1680. The van der Waals surface area contributed by atoms with Gasteiger partial charge in [0.2, 0.25) is 11.8 Å². The molecule has 1 aliphatic carbocycles. The standard InChI is InChI=1S/C34H40F2N6O4/c35-25-16-22(37-27-4-6-31(43)40-33(27)44)3-5-29(25)42-13-9-23(10-14-42)41-11-7-21(8-12-41)19-46-24-17-26(36)32-28(18-24)38-30(39-34(32)45)15-20-1-2-20/h3,5,16-18,20-21,23,27,37H,1-2,4,6-15,19H2,(H,38,39,45)(H,40,43,44). The smallest absolute Gasteiger partial charge is 0.261 e. The number of imide groups is 1. The van der Waals surface area contributed by atoms with E-state index in [1.165, 1.54) is 12.1 Å². The van der Waals surface area contributed by atoms with Crippen molar-refractivity contribution in [2.75, 3.05) is 43.0 Å². The van der Waals surface area contributed by atoms with E-state index in [9.17, 15) is 18.8 Å². The zero-order valence-electron chi connectivity index (χ0n) is 25.8. The fraction of sp³-hybridized carbons (Fsp3) is 0.529. The van der Waals surface area contributed by atoms with E-state index in [0.29, 0.717) is 65.8 Å². The number of ether oxygens (including phenoxy) is 1. The minimum atomic E-state index is -0.611. The minimum absolute atomic E-state index is 0.0206. The molecule has 0 radical (unpaired) electrons. The SMILES string of the molecule is O=C1CCC(Nc2ccc(N3CCC(N4CCC(COc5cc(F)c6c(=O)[nH]c(CC7CC7)nc6c5)CC4)CC3)c(F)c2)C(=O)N1. The Labute approximate surface area is 265 Å². The zero-order valence-corrected chi connectivity index (χ0v) is 25.8. The van der Waals surface area contributed by atoms with E-state index in [1.54, 1.807) is 18.2 Å². The molecule has 1 saturated carbocycles. The molecule has 3 aromatic rings. The number of aromatic nitrogens is 2. The maximum absolute atomic E-state index is 15.1. The molecule has 1 unspecified atom stereocenters. The van der Waals surface area contributed by atoms with Crippen LogP contribution in [0.4, 0.5) is 20.2 Å².